The first-order chi connectivity index (χ1) is 5.43. The second kappa shape index (κ2) is 6.21. The fourth-order valence-corrected chi connectivity index (χ4v) is 2.91. The quantitative estimate of drug-likeness (QED) is 0.666. The van der Waals surface area contributed by atoms with Crippen molar-refractivity contribution in [1.82, 2.24) is 5.32 Å². The molecular weight excluding hydrogens is 174 g/mol. The molecule has 1 fully saturated rings. The Morgan fingerprint density at radius 1 is 1.64 bits per heavy atom. The molecule has 1 aliphatic rings. The van der Waals surface area contributed by atoms with Gasteiger partial charge in [-0.1, -0.05) is 6.92 Å². The molecule has 66 valence electrons. The molecule has 1 nitrogen and oxygen atoms in total. The smallest absolute Gasteiger partial charge is 0.0166 e. The molecule has 0 aromatic rings. The van der Waals surface area contributed by atoms with Gasteiger partial charge in [-0.2, -0.15) is 23.5 Å². The zero-order chi connectivity index (χ0) is 7.94. The third-order valence-corrected chi connectivity index (χ3v) is 3.88. The SMILES string of the molecule is CCSCCNC1CCSC1. The summed E-state index contributed by atoms with van der Waals surface area (Å²) in [7, 11) is 0. The molecule has 0 spiro atoms. The largest absolute Gasteiger partial charge is 0.312 e. The average Bonchev–Trinajstić information content (AvgIpc) is 2.50. The van der Waals surface area contributed by atoms with Crippen LogP contribution in [0.3, 0.4) is 0 Å². The second-order valence-electron chi connectivity index (χ2n) is 2.71. The molecule has 0 aromatic carbocycles. The van der Waals surface area contributed by atoms with E-state index in [1.165, 1.54) is 36.0 Å². The standard InChI is InChI=1S/C8H17NS2/c1-2-10-6-4-9-8-3-5-11-7-8/h8-9H,2-7H2,1H3. The van der Waals surface area contributed by atoms with Gasteiger partial charge in [0.25, 0.3) is 0 Å². The van der Waals surface area contributed by atoms with E-state index in [-0.39, 0.29) is 0 Å². The van der Waals surface area contributed by atoms with Crippen LogP contribution in [0.1, 0.15) is 13.3 Å². The summed E-state index contributed by atoms with van der Waals surface area (Å²) >= 11 is 4.10. The Labute approximate surface area is 78.1 Å². The maximum absolute atomic E-state index is 3.57. The van der Waals surface area contributed by atoms with Crippen LogP contribution in [0.25, 0.3) is 0 Å². The van der Waals surface area contributed by atoms with Crippen molar-refractivity contribution in [1.29, 1.82) is 0 Å². The summed E-state index contributed by atoms with van der Waals surface area (Å²) in [6.45, 7) is 3.42. The minimum atomic E-state index is 0.817. The molecule has 11 heavy (non-hydrogen) atoms. The molecule has 1 unspecified atom stereocenters. The molecule has 1 aliphatic heterocycles. The lowest BCUT2D eigenvalue weighted by Gasteiger charge is -2.09. The summed E-state index contributed by atoms with van der Waals surface area (Å²) in [6, 6.07) is 0.817. The summed E-state index contributed by atoms with van der Waals surface area (Å²) < 4.78 is 0. The molecule has 1 N–H and O–H groups in total. The van der Waals surface area contributed by atoms with Gasteiger partial charge in [0.2, 0.25) is 0 Å². The Kier molecular flexibility index (Phi) is 5.50. The molecule has 3 heteroatoms. The molecular formula is C8H17NS2. The maximum atomic E-state index is 3.57. The van der Waals surface area contributed by atoms with Crippen LogP contribution in [0.2, 0.25) is 0 Å². The van der Waals surface area contributed by atoms with Gasteiger partial charge in [0.1, 0.15) is 0 Å². The maximum Gasteiger partial charge on any atom is 0.0166 e. The molecule has 0 saturated carbocycles. The minimum absolute atomic E-state index is 0.817. The Bertz CT molecular complexity index is 92.1. The van der Waals surface area contributed by atoms with Gasteiger partial charge in [0.15, 0.2) is 0 Å². The Morgan fingerprint density at radius 3 is 3.18 bits per heavy atom. The summed E-state index contributed by atoms with van der Waals surface area (Å²) in [5.74, 6) is 5.22. The lowest BCUT2D eigenvalue weighted by atomic mass is 10.3. The fraction of sp³-hybridized carbons (Fsp3) is 1.00. The van der Waals surface area contributed by atoms with Gasteiger partial charge in [-0.15, -0.1) is 0 Å². The number of hydrogen-bond acceptors (Lipinski definition) is 3. The first-order valence-electron chi connectivity index (χ1n) is 4.32. The van der Waals surface area contributed by atoms with Crippen molar-refractivity contribution in [3.05, 3.63) is 0 Å². The van der Waals surface area contributed by atoms with Crippen LogP contribution in [0.5, 0.6) is 0 Å². The van der Waals surface area contributed by atoms with E-state index in [4.69, 9.17) is 0 Å². The molecule has 1 heterocycles. The third-order valence-electron chi connectivity index (χ3n) is 1.81. The Hall–Kier alpha value is 0.660. The second-order valence-corrected chi connectivity index (χ2v) is 5.26. The number of rotatable bonds is 5. The minimum Gasteiger partial charge on any atom is -0.312 e. The molecule has 0 radical (unpaired) electrons. The van der Waals surface area contributed by atoms with Crippen molar-refractivity contribution in [3.63, 3.8) is 0 Å². The molecule has 0 aliphatic carbocycles. The van der Waals surface area contributed by atoms with Crippen LogP contribution in [0.4, 0.5) is 0 Å². The van der Waals surface area contributed by atoms with Crippen LogP contribution in [0, 0.1) is 0 Å². The van der Waals surface area contributed by atoms with E-state index in [0.29, 0.717) is 0 Å². The fourth-order valence-electron chi connectivity index (χ4n) is 1.18. The number of nitrogens with one attached hydrogen (secondary N) is 1. The van der Waals surface area contributed by atoms with Crippen molar-refractivity contribution < 1.29 is 0 Å². The molecule has 0 bridgehead atoms. The van der Waals surface area contributed by atoms with Gasteiger partial charge in [-0.3, -0.25) is 0 Å². The number of hydrogen-bond donors (Lipinski definition) is 1. The predicted octanol–water partition coefficient (Wildman–Crippen LogP) is 1.83. The summed E-state index contributed by atoms with van der Waals surface area (Å²) in [5, 5.41) is 3.57. The van der Waals surface area contributed by atoms with E-state index in [1.807, 2.05) is 11.8 Å². The Balaban J connectivity index is 1.86. The van der Waals surface area contributed by atoms with E-state index in [1.54, 1.807) is 0 Å². The highest BCUT2D eigenvalue weighted by Gasteiger charge is 2.13. The lowest BCUT2D eigenvalue weighted by Crippen LogP contribution is -2.30. The summed E-state index contributed by atoms with van der Waals surface area (Å²) in [4.78, 5) is 0. The number of thioether (sulfide) groups is 2. The zero-order valence-corrected chi connectivity index (χ0v) is 8.77. The van der Waals surface area contributed by atoms with Crippen LogP contribution in [-0.2, 0) is 0 Å². The molecule has 0 aromatic heterocycles. The van der Waals surface area contributed by atoms with Crippen LogP contribution < -0.4 is 5.32 Å². The zero-order valence-electron chi connectivity index (χ0n) is 7.14. The van der Waals surface area contributed by atoms with Crippen molar-refractivity contribution in [2.75, 3.05) is 29.6 Å². The highest BCUT2D eigenvalue weighted by molar-refractivity contribution is 7.99. The predicted molar refractivity (Wildman–Crippen MR) is 56.7 cm³/mol. The van der Waals surface area contributed by atoms with Crippen LogP contribution in [0.15, 0.2) is 0 Å². The first-order valence-corrected chi connectivity index (χ1v) is 6.63. The molecule has 1 saturated heterocycles. The van der Waals surface area contributed by atoms with Crippen molar-refractivity contribution in [2.24, 2.45) is 0 Å². The van der Waals surface area contributed by atoms with Gasteiger partial charge in [-0.05, 0) is 17.9 Å². The summed E-state index contributed by atoms with van der Waals surface area (Å²) in [6.07, 6.45) is 1.38. The topological polar surface area (TPSA) is 12.0 Å². The third kappa shape index (κ3) is 4.28. The molecule has 1 atom stereocenters. The monoisotopic (exact) mass is 191 g/mol. The average molecular weight is 191 g/mol. The van der Waals surface area contributed by atoms with E-state index in [9.17, 15) is 0 Å². The van der Waals surface area contributed by atoms with Crippen molar-refractivity contribution in [3.8, 4) is 0 Å². The van der Waals surface area contributed by atoms with Crippen molar-refractivity contribution >= 4 is 23.5 Å². The highest BCUT2D eigenvalue weighted by Crippen LogP contribution is 2.16. The molecule has 1 rings (SSSR count). The van der Waals surface area contributed by atoms with Gasteiger partial charge >= 0.3 is 0 Å². The van der Waals surface area contributed by atoms with Crippen molar-refractivity contribution in [2.45, 2.75) is 19.4 Å². The normalized spacial score (nSPS) is 24.3. The van der Waals surface area contributed by atoms with E-state index >= 15 is 0 Å². The van der Waals surface area contributed by atoms with Gasteiger partial charge in [0.05, 0.1) is 0 Å². The van der Waals surface area contributed by atoms with Gasteiger partial charge in [0, 0.05) is 24.1 Å². The van der Waals surface area contributed by atoms with E-state index in [2.05, 4.69) is 24.0 Å². The van der Waals surface area contributed by atoms with Crippen LogP contribution >= 0.6 is 23.5 Å². The molecule has 0 amide bonds. The van der Waals surface area contributed by atoms with Crippen LogP contribution in [-0.4, -0.2) is 35.6 Å². The first kappa shape index (κ1) is 9.75. The Morgan fingerprint density at radius 2 is 2.55 bits per heavy atom. The van der Waals surface area contributed by atoms with E-state index in [0.717, 1.165) is 6.04 Å². The van der Waals surface area contributed by atoms with Gasteiger partial charge < -0.3 is 5.32 Å². The summed E-state index contributed by atoms with van der Waals surface area (Å²) in [5.41, 5.74) is 0. The van der Waals surface area contributed by atoms with E-state index < -0.39 is 0 Å². The van der Waals surface area contributed by atoms with Gasteiger partial charge in [-0.25, -0.2) is 0 Å². The highest BCUT2D eigenvalue weighted by atomic mass is 32.2. The lowest BCUT2D eigenvalue weighted by molar-refractivity contribution is 0.581.